The Bertz CT molecular complexity index is 985. The molecule has 4 rings (SSSR count). The van der Waals surface area contributed by atoms with E-state index in [0.29, 0.717) is 0 Å². The second-order valence-electron chi connectivity index (χ2n) is 6.43. The van der Waals surface area contributed by atoms with Crippen LogP contribution in [0, 0.1) is 11.6 Å². The Morgan fingerprint density at radius 1 is 0.552 bits per heavy atom. The van der Waals surface area contributed by atoms with Gasteiger partial charge in [-0.3, -0.25) is 0 Å². The summed E-state index contributed by atoms with van der Waals surface area (Å²) in [6.45, 7) is 8.41. The van der Waals surface area contributed by atoms with Gasteiger partial charge in [0.2, 0.25) is 0 Å². The minimum Gasteiger partial charge on any atom is -0.147 e. The smallest absolute Gasteiger partial charge is 0.147 e. The van der Waals surface area contributed by atoms with E-state index in [2.05, 4.69) is 25.3 Å². The van der Waals surface area contributed by atoms with Gasteiger partial charge >= 0.3 is 170 Å². The van der Waals surface area contributed by atoms with E-state index in [4.69, 9.17) is 0 Å². The largest absolute Gasteiger partial charge is 0.147 e. The van der Waals surface area contributed by atoms with Crippen LogP contribution in [0.1, 0.15) is 11.1 Å². The van der Waals surface area contributed by atoms with Gasteiger partial charge in [-0.25, -0.2) is 0 Å². The Hall–Kier alpha value is -1.80. The minimum atomic E-state index is -1.23. The molecule has 0 radical (unpaired) electrons. The van der Waals surface area contributed by atoms with E-state index in [1.807, 2.05) is 36.4 Å². The summed E-state index contributed by atoms with van der Waals surface area (Å²) in [5.41, 5.74) is 6.29. The van der Waals surface area contributed by atoms with E-state index in [9.17, 15) is 8.78 Å². The molecule has 0 amide bonds. The third kappa shape index (κ3) is 4.86. The molecule has 0 atom stereocenters. The van der Waals surface area contributed by atoms with E-state index in [1.165, 1.54) is 30.8 Å². The van der Waals surface area contributed by atoms with Crippen molar-refractivity contribution in [2.75, 3.05) is 0 Å². The third-order valence-corrected chi connectivity index (χ3v) is 8.78. The van der Waals surface area contributed by atoms with Gasteiger partial charge < -0.3 is 0 Å². The number of benzene rings is 2. The van der Waals surface area contributed by atoms with Crippen molar-refractivity contribution in [1.29, 1.82) is 0 Å². The van der Waals surface area contributed by atoms with Gasteiger partial charge in [-0.05, 0) is 0 Å². The van der Waals surface area contributed by atoms with E-state index in [-0.39, 0.29) is 36.4 Å². The molecule has 0 N–H and O–H groups in total. The van der Waals surface area contributed by atoms with Crippen molar-refractivity contribution < 1.29 is 32.0 Å². The van der Waals surface area contributed by atoms with Crippen molar-refractivity contribution in [3.05, 3.63) is 126 Å². The van der Waals surface area contributed by atoms with Crippen LogP contribution < -0.4 is 0 Å². The molecule has 0 unspecified atom stereocenters. The summed E-state index contributed by atoms with van der Waals surface area (Å²) in [5, 5.41) is 0. The van der Waals surface area contributed by atoms with E-state index < -0.39 is 23.2 Å². The Kier molecular flexibility index (Phi) is 7.94. The second-order valence-corrected chi connectivity index (χ2v) is 9.51. The van der Waals surface area contributed by atoms with Gasteiger partial charge in [0.05, 0.1) is 0 Å². The maximum atomic E-state index is 13.3. The van der Waals surface area contributed by atoms with Crippen molar-refractivity contribution in [2.24, 2.45) is 0 Å². The van der Waals surface area contributed by atoms with Crippen molar-refractivity contribution in [1.82, 2.24) is 0 Å². The molecule has 0 fully saturated rings. The molecule has 2 aromatic carbocycles. The topological polar surface area (TPSA) is 0 Å². The summed E-state index contributed by atoms with van der Waals surface area (Å²) in [4.78, 5) is 0. The first-order valence-corrected chi connectivity index (χ1v) is 11.0. The number of allylic oxidation sites excluding steroid dienone is 10. The van der Waals surface area contributed by atoms with E-state index >= 15 is 0 Å². The van der Waals surface area contributed by atoms with E-state index in [1.54, 1.807) is 0 Å². The summed E-state index contributed by atoms with van der Waals surface area (Å²) in [6.07, 6.45) is 8.18. The predicted octanol–water partition coefficient (Wildman–Crippen LogP) is 7.27. The van der Waals surface area contributed by atoms with Crippen LogP contribution in [0.3, 0.4) is 0 Å². The molecule has 5 heteroatoms. The Morgan fingerprint density at radius 2 is 0.897 bits per heavy atom. The molecule has 29 heavy (non-hydrogen) atoms. The van der Waals surface area contributed by atoms with E-state index in [0.717, 1.165) is 33.4 Å². The SMILES string of the molecule is C=C1C=CC(c2ccc(F)cc2)=[C]1[Zr][C]1=C(c2ccc(F)cc2)C=CC1=C.Cl.Cl. The molecule has 0 saturated heterocycles. The van der Waals surface area contributed by atoms with Crippen LogP contribution in [0.5, 0.6) is 0 Å². The van der Waals surface area contributed by atoms with Crippen molar-refractivity contribution in [2.45, 2.75) is 0 Å². The average Bonchev–Trinajstić information content (AvgIpc) is 3.21. The standard InChI is InChI=1S/2C12H8F.2ClH.Zr/c2*1-9-2-3-11(8-9)10-4-6-12(13)7-5-10;;;/h2*2-7H,1H2;2*1H;. The first kappa shape index (κ1) is 23.5. The third-order valence-electron chi connectivity index (χ3n) is 4.64. The van der Waals surface area contributed by atoms with Crippen LogP contribution in [0.15, 0.2) is 104 Å². The van der Waals surface area contributed by atoms with Crippen LogP contribution in [0.2, 0.25) is 0 Å². The van der Waals surface area contributed by atoms with Crippen LogP contribution in [0.25, 0.3) is 11.1 Å². The Labute approximate surface area is 193 Å². The zero-order valence-corrected chi connectivity index (χ0v) is 19.5. The summed E-state index contributed by atoms with van der Waals surface area (Å²) in [6, 6.07) is 13.2. The first-order chi connectivity index (χ1) is 13.0. The molecule has 0 saturated carbocycles. The molecule has 0 spiro atoms. The molecular formula is C24H18Cl2F2Zr. The van der Waals surface area contributed by atoms with Gasteiger partial charge in [0.15, 0.2) is 0 Å². The summed E-state index contributed by atoms with van der Waals surface area (Å²) >= 11 is -1.23. The van der Waals surface area contributed by atoms with Gasteiger partial charge in [-0.1, -0.05) is 0 Å². The van der Waals surface area contributed by atoms with Crippen molar-refractivity contribution in [3.63, 3.8) is 0 Å². The number of hydrogen-bond acceptors (Lipinski definition) is 0. The maximum Gasteiger partial charge on any atom is -0.147 e. The molecule has 0 nitrogen and oxygen atoms in total. The zero-order chi connectivity index (χ0) is 19.0. The summed E-state index contributed by atoms with van der Waals surface area (Å²) in [5.74, 6) is -0.479. The molecular weight excluding hydrogens is 488 g/mol. The molecule has 0 bridgehead atoms. The average molecular weight is 507 g/mol. The van der Waals surface area contributed by atoms with Crippen LogP contribution in [-0.4, -0.2) is 0 Å². The normalized spacial score (nSPS) is 15.0. The fourth-order valence-corrected chi connectivity index (χ4v) is 6.80. The maximum absolute atomic E-state index is 13.3. The monoisotopic (exact) mass is 504 g/mol. The van der Waals surface area contributed by atoms with Crippen molar-refractivity contribution in [3.8, 4) is 0 Å². The molecule has 2 aliphatic carbocycles. The fraction of sp³-hybridized carbons (Fsp3) is 0. The van der Waals surface area contributed by atoms with Gasteiger partial charge in [0, 0.05) is 0 Å². The van der Waals surface area contributed by atoms with Crippen LogP contribution >= 0.6 is 24.8 Å². The van der Waals surface area contributed by atoms with Gasteiger partial charge in [0.25, 0.3) is 0 Å². The van der Waals surface area contributed by atoms with Crippen LogP contribution in [-0.2, 0) is 23.2 Å². The second kappa shape index (κ2) is 9.80. The number of hydrogen-bond donors (Lipinski definition) is 0. The fourth-order valence-electron chi connectivity index (χ4n) is 3.21. The van der Waals surface area contributed by atoms with Crippen LogP contribution in [0.4, 0.5) is 8.78 Å². The molecule has 2 aromatic rings. The predicted molar refractivity (Wildman–Crippen MR) is 118 cm³/mol. The minimum absolute atomic E-state index is 0. The van der Waals surface area contributed by atoms with Gasteiger partial charge in [-0.15, -0.1) is 24.8 Å². The number of halogens is 4. The zero-order valence-electron chi connectivity index (χ0n) is 15.4. The van der Waals surface area contributed by atoms with Crippen molar-refractivity contribution >= 4 is 36.0 Å². The number of rotatable bonds is 4. The summed E-state index contributed by atoms with van der Waals surface area (Å²) in [7, 11) is 0. The Morgan fingerprint density at radius 3 is 1.24 bits per heavy atom. The Balaban J connectivity index is 0.00000150. The molecule has 0 heterocycles. The first-order valence-electron chi connectivity index (χ1n) is 8.55. The quantitative estimate of drug-likeness (QED) is 0.409. The molecule has 0 aromatic heterocycles. The molecule has 2 aliphatic rings. The summed E-state index contributed by atoms with van der Waals surface area (Å²) < 4.78 is 29.1. The molecule has 0 aliphatic heterocycles. The van der Waals surface area contributed by atoms with Gasteiger partial charge in [-0.2, -0.15) is 0 Å². The van der Waals surface area contributed by atoms with Gasteiger partial charge in [0.1, 0.15) is 0 Å². The molecule has 146 valence electrons.